The van der Waals surface area contributed by atoms with Crippen molar-refractivity contribution in [2.24, 2.45) is 12.0 Å². The van der Waals surface area contributed by atoms with E-state index in [1.165, 1.54) is 4.57 Å². The molecule has 164 valence electrons. The van der Waals surface area contributed by atoms with E-state index in [1.54, 1.807) is 44.8 Å². The molecule has 3 heterocycles. The molecule has 1 amide bonds. The van der Waals surface area contributed by atoms with E-state index in [0.717, 1.165) is 22.3 Å². The lowest BCUT2D eigenvalue weighted by molar-refractivity contribution is -0.121. The van der Waals surface area contributed by atoms with Crippen LogP contribution in [0.3, 0.4) is 0 Å². The monoisotopic (exact) mass is 450 g/mol. The van der Waals surface area contributed by atoms with Crippen LogP contribution in [0.4, 0.5) is 0 Å². The van der Waals surface area contributed by atoms with Crippen molar-refractivity contribution in [1.29, 1.82) is 0 Å². The van der Waals surface area contributed by atoms with Gasteiger partial charge in [-0.15, -0.1) is 0 Å². The number of rotatable bonds is 5. The largest absolute Gasteiger partial charge is 0.481 e. The summed E-state index contributed by atoms with van der Waals surface area (Å²) in [4.78, 5) is 34.5. The van der Waals surface area contributed by atoms with Crippen molar-refractivity contribution < 1.29 is 9.53 Å². The van der Waals surface area contributed by atoms with Gasteiger partial charge in [-0.2, -0.15) is 0 Å². The highest BCUT2D eigenvalue weighted by Gasteiger charge is 2.28. The molecule has 1 N–H and O–H groups in total. The summed E-state index contributed by atoms with van der Waals surface area (Å²) in [7, 11) is 3.25. The summed E-state index contributed by atoms with van der Waals surface area (Å²) in [5.74, 6) is 0.309. The molecular formula is C24H23ClN4O3. The molecule has 1 unspecified atom stereocenters. The predicted molar refractivity (Wildman–Crippen MR) is 125 cm³/mol. The molecular weight excluding hydrogens is 428 g/mol. The zero-order chi connectivity index (χ0) is 22.8. The SMILES string of the molecule is CCNC(=O)CC1N=C(c2ccc(Cl)cc2)c2cc(OC)ncc2-c2cn(C)c(=O)cc21. The fraction of sp³-hybridized carbons (Fsp3) is 0.250. The van der Waals surface area contributed by atoms with Crippen molar-refractivity contribution in [3.8, 4) is 17.0 Å². The van der Waals surface area contributed by atoms with Crippen LogP contribution in [-0.2, 0) is 11.8 Å². The minimum absolute atomic E-state index is 0.115. The number of nitrogens with zero attached hydrogens (tertiary/aromatic N) is 3. The second kappa shape index (κ2) is 8.96. The van der Waals surface area contributed by atoms with Gasteiger partial charge in [-0.1, -0.05) is 23.7 Å². The summed E-state index contributed by atoms with van der Waals surface area (Å²) in [5, 5.41) is 3.44. The van der Waals surface area contributed by atoms with E-state index < -0.39 is 6.04 Å². The van der Waals surface area contributed by atoms with Gasteiger partial charge >= 0.3 is 0 Å². The number of pyridine rings is 2. The lowest BCUT2D eigenvalue weighted by atomic mass is 9.93. The minimum atomic E-state index is -0.547. The number of aryl methyl sites for hydroxylation is 1. The summed E-state index contributed by atoms with van der Waals surface area (Å²) in [6.45, 7) is 2.38. The van der Waals surface area contributed by atoms with Crippen LogP contribution in [0.25, 0.3) is 11.1 Å². The molecule has 0 aliphatic carbocycles. The van der Waals surface area contributed by atoms with E-state index in [2.05, 4.69) is 10.3 Å². The average Bonchev–Trinajstić information content (AvgIpc) is 2.90. The third-order valence-corrected chi connectivity index (χ3v) is 5.66. The highest BCUT2D eigenvalue weighted by Crippen LogP contribution is 2.39. The van der Waals surface area contributed by atoms with Crippen LogP contribution in [0.2, 0.25) is 5.02 Å². The molecule has 8 heteroatoms. The molecule has 0 spiro atoms. The molecule has 0 fully saturated rings. The molecule has 7 nitrogen and oxygen atoms in total. The van der Waals surface area contributed by atoms with Crippen molar-refractivity contribution in [1.82, 2.24) is 14.9 Å². The Labute approximate surface area is 190 Å². The first-order valence-electron chi connectivity index (χ1n) is 10.3. The zero-order valence-corrected chi connectivity index (χ0v) is 18.8. The molecule has 0 bridgehead atoms. The number of benzene rings is 1. The maximum absolute atomic E-state index is 12.5. The number of hydrogen-bond acceptors (Lipinski definition) is 5. The molecule has 0 saturated heterocycles. The van der Waals surface area contributed by atoms with Crippen LogP contribution in [-0.4, -0.2) is 34.8 Å². The first-order valence-corrected chi connectivity index (χ1v) is 10.6. The van der Waals surface area contributed by atoms with Gasteiger partial charge in [-0.3, -0.25) is 14.6 Å². The van der Waals surface area contributed by atoms with Gasteiger partial charge < -0.3 is 14.6 Å². The lowest BCUT2D eigenvalue weighted by Gasteiger charge is -2.16. The number of aliphatic imine (C=N–C) groups is 1. The number of hydrogen-bond donors (Lipinski definition) is 1. The van der Waals surface area contributed by atoms with E-state index >= 15 is 0 Å². The number of carbonyl (C=O) groups is 1. The number of nitrogens with one attached hydrogen (secondary N) is 1. The van der Waals surface area contributed by atoms with Crippen molar-refractivity contribution in [3.63, 3.8) is 0 Å². The average molecular weight is 451 g/mol. The molecule has 4 rings (SSSR count). The molecule has 1 aromatic carbocycles. The summed E-state index contributed by atoms with van der Waals surface area (Å²) < 4.78 is 6.89. The van der Waals surface area contributed by atoms with Gasteiger partial charge in [0.15, 0.2) is 0 Å². The Morgan fingerprint density at radius 1 is 1.19 bits per heavy atom. The summed E-state index contributed by atoms with van der Waals surface area (Å²) >= 11 is 6.11. The van der Waals surface area contributed by atoms with Gasteiger partial charge in [0, 0.05) is 65.4 Å². The molecule has 0 radical (unpaired) electrons. The van der Waals surface area contributed by atoms with Gasteiger partial charge in [0.1, 0.15) is 0 Å². The fourth-order valence-corrected chi connectivity index (χ4v) is 3.96. The third kappa shape index (κ3) is 4.16. The normalized spacial score (nSPS) is 14.6. The maximum Gasteiger partial charge on any atom is 0.250 e. The van der Waals surface area contributed by atoms with E-state index in [-0.39, 0.29) is 17.9 Å². The van der Waals surface area contributed by atoms with Crippen LogP contribution in [0.5, 0.6) is 5.88 Å². The Hall–Kier alpha value is -3.45. The topological polar surface area (TPSA) is 85.6 Å². The molecule has 2 aromatic heterocycles. The van der Waals surface area contributed by atoms with Gasteiger partial charge in [0.2, 0.25) is 11.8 Å². The Morgan fingerprint density at radius 3 is 2.62 bits per heavy atom. The van der Waals surface area contributed by atoms with Crippen molar-refractivity contribution in [3.05, 3.63) is 80.9 Å². The highest BCUT2D eigenvalue weighted by molar-refractivity contribution is 6.30. The number of methoxy groups -OCH3 is 1. The highest BCUT2D eigenvalue weighted by atomic mass is 35.5. The van der Waals surface area contributed by atoms with Gasteiger partial charge in [-0.05, 0) is 24.6 Å². The second-order valence-electron chi connectivity index (χ2n) is 7.52. The number of halogens is 1. The molecule has 0 saturated carbocycles. The van der Waals surface area contributed by atoms with Crippen LogP contribution < -0.4 is 15.6 Å². The van der Waals surface area contributed by atoms with E-state index in [4.69, 9.17) is 21.3 Å². The van der Waals surface area contributed by atoms with Crippen LogP contribution >= 0.6 is 11.6 Å². The minimum Gasteiger partial charge on any atom is -0.481 e. The number of aromatic nitrogens is 2. The van der Waals surface area contributed by atoms with Crippen LogP contribution in [0.1, 0.15) is 36.1 Å². The third-order valence-electron chi connectivity index (χ3n) is 5.41. The van der Waals surface area contributed by atoms with Crippen LogP contribution in [0, 0.1) is 0 Å². The quantitative estimate of drug-likeness (QED) is 0.644. The van der Waals surface area contributed by atoms with Gasteiger partial charge in [0.25, 0.3) is 5.56 Å². The molecule has 1 atom stereocenters. The van der Waals surface area contributed by atoms with Crippen LogP contribution in [0.15, 0.2) is 58.6 Å². The maximum atomic E-state index is 12.5. The Bertz CT molecular complexity index is 1270. The van der Waals surface area contributed by atoms with Gasteiger partial charge in [0.05, 0.1) is 25.3 Å². The first-order chi connectivity index (χ1) is 15.4. The Morgan fingerprint density at radius 2 is 1.94 bits per heavy atom. The van der Waals surface area contributed by atoms with Gasteiger partial charge in [-0.25, -0.2) is 4.98 Å². The van der Waals surface area contributed by atoms with E-state index in [1.807, 2.05) is 25.1 Å². The number of fused-ring (bicyclic) bond motifs is 3. The first kappa shape index (κ1) is 21.8. The van der Waals surface area contributed by atoms with E-state index in [0.29, 0.717) is 28.7 Å². The molecule has 32 heavy (non-hydrogen) atoms. The smallest absolute Gasteiger partial charge is 0.250 e. The van der Waals surface area contributed by atoms with Crippen molar-refractivity contribution in [2.75, 3.05) is 13.7 Å². The molecule has 3 aromatic rings. The zero-order valence-electron chi connectivity index (χ0n) is 18.1. The molecule has 1 aliphatic rings. The number of ether oxygens (including phenoxy) is 1. The summed E-state index contributed by atoms with van der Waals surface area (Å²) in [6, 6.07) is 10.2. The van der Waals surface area contributed by atoms with Crippen molar-refractivity contribution >= 4 is 23.2 Å². The summed E-state index contributed by atoms with van der Waals surface area (Å²) in [6.07, 6.45) is 3.61. The van der Waals surface area contributed by atoms with Crippen molar-refractivity contribution in [2.45, 2.75) is 19.4 Å². The number of amides is 1. The van der Waals surface area contributed by atoms with E-state index in [9.17, 15) is 9.59 Å². The molecule has 1 aliphatic heterocycles. The number of carbonyl (C=O) groups excluding carboxylic acids is 1. The Balaban J connectivity index is 2.02. The standard InChI is InChI=1S/C24H23ClN4O3/c1-4-26-21(30)11-20-16-10-23(31)29(2)13-19(16)18-12-27-22(32-3)9-17(18)24(28-20)14-5-7-15(25)8-6-14/h5-10,12-13,20H,4,11H2,1-3H3,(H,26,30). The fourth-order valence-electron chi connectivity index (χ4n) is 3.84. The Kier molecular flexibility index (Phi) is 6.10. The lowest BCUT2D eigenvalue weighted by Crippen LogP contribution is -2.25. The predicted octanol–water partition coefficient (Wildman–Crippen LogP) is 3.53. The second-order valence-corrected chi connectivity index (χ2v) is 7.96. The summed E-state index contributed by atoms with van der Waals surface area (Å²) in [5.41, 5.74) is 4.46.